The smallest absolute Gasteiger partial charge is 0.241 e. The van der Waals surface area contributed by atoms with Crippen LogP contribution in [0.1, 0.15) is 17.2 Å². The average molecular weight is 284 g/mol. The molecule has 2 aromatic carbocycles. The maximum absolute atomic E-state index is 12.2. The highest BCUT2D eigenvalue weighted by Crippen LogP contribution is 2.37. The molecule has 4 nitrogen and oxygen atoms in total. The van der Waals surface area contributed by atoms with Crippen molar-refractivity contribution in [2.75, 3.05) is 0 Å². The van der Waals surface area contributed by atoms with Crippen LogP contribution in [0.3, 0.4) is 0 Å². The molecule has 0 spiro atoms. The molecule has 0 fully saturated rings. The molecule has 1 atom stereocenters. The molecule has 0 bridgehead atoms. The highest BCUT2D eigenvalue weighted by Gasteiger charge is 2.35. The minimum absolute atomic E-state index is 0.327. The van der Waals surface area contributed by atoms with E-state index in [4.69, 9.17) is 0 Å². The molecule has 3 aromatic rings. The summed E-state index contributed by atoms with van der Waals surface area (Å²) >= 11 is 0. The molecular formula is C15H12N2O2S. The Morgan fingerprint density at radius 2 is 1.65 bits per heavy atom. The van der Waals surface area contributed by atoms with E-state index in [1.165, 1.54) is 0 Å². The third-order valence-corrected chi connectivity index (χ3v) is 5.22. The summed E-state index contributed by atoms with van der Waals surface area (Å²) in [5, 5.41) is 1.04. The van der Waals surface area contributed by atoms with Crippen LogP contribution >= 0.6 is 0 Å². The molecule has 1 aromatic heterocycles. The maximum Gasteiger partial charge on any atom is 0.241 e. The number of hydrogen-bond donors (Lipinski definition) is 2. The lowest BCUT2D eigenvalue weighted by Crippen LogP contribution is -2.20. The van der Waals surface area contributed by atoms with Crippen LogP contribution in [-0.2, 0) is 10.0 Å². The Bertz CT molecular complexity index is 912. The van der Waals surface area contributed by atoms with E-state index in [1.807, 2.05) is 42.6 Å². The van der Waals surface area contributed by atoms with Crippen LogP contribution in [0.2, 0.25) is 0 Å². The van der Waals surface area contributed by atoms with Crippen LogP contribution in [0.5, 0.6) is 0 Å². The summed E-state index contributed by atoms with van der Waals surface area (Å²) in [5.74, 6) is 0. The van der Waals surface area contributed by atoms with Crippen molar-refractivity contribution in [1.29, 1.82) is 0 Å². The Labute approximate surface area is 116 Å². The molecule has 0 radical (unpaired) electrons. The lowest BCUT2D eigenvalue weighted by atomic mass is 9.99. The predicted molar refractivity (Wildman–Crippen MR) is 76.9 cm³/mol. The van der Waals surface area contributed by atoms with E-state index in [0.29, 0.717) is 4.90 Å². The second-order valence-electron chi connectivity index (χ2n) is 4.88. The summed E-state index contributed by atoms with van der Waals surface area (Å²) in [6.45, 7) is 0. The van der Waals surface area contributed by atoms with Crippen molar-refractivity contribution in [3.63, 3.8) is 0 Å². The fraction of sp³-hybridized carbons (Fsp3) is 0.0667. The summed E-state index contributed by atoms with van der Waals surface area (Å²) in [5.41, 5.74) is 2.76. The number of H-pyrrole nitrogens is 1. The Kier molecular flexibility index (Phi) is 2.31. The van der Waals surface area contributed by atoms with Gasteiger partial charge in [-0.2, -0.15) is 4.72 Å². The highest BCUT2D eigenvalue weighted by molar-refractivity contribution is 7.89. The first kappa shape index (κ1) is 11.7. The van der Waals surface area contributed by atoms with Crippen LogP contribution in [0.25, 0.3) is 10.9 Å². The Hall–Kier alpha value is -2.11. The van der Waals surface area contributed by atoms with Crippen molar-refractivity contribution in [2.45, 2.75) is 10.9 Å². The number of sulfonamides is 1. The number of aromatic nitrogens is 1. The van der Waals surface area contributed by atoms with Gasteiger partial charge in [0.2, 0.25) is 10.0 Å². The topological polar surface area (TPSA) is 62.0 Å². The molecule has 5 heteroatoms. The van der Waals surface area contributed by atoms with Gasteiger partial charge in [-0.3, -0.25) is 0 Å². The van der Waals surface area contributed by atoms with Gasteiger partial charge in [0.05, 0.1) is 10.9 Å². The lowest BCUT2D eigenvalue weighted by molar-refractivity contribution is 0.585. The van der Waals surface area contributed by atoms with Gasteiger partial charge in [-0.25, -0.2) is 8.42 Å². The number of fused-ring (bicyclic) bond motifs is 2. The minimum atomic E-state index is -3.41. The van der Waals surface area contributed by atoms with Gasteiger partial charge in [-0.15, -0.1) is 0 Å². The highest BCUT2D eigenvalue weighted by atomic mass is 32.2. The van der Waals surface area contributed by atoms with E-state index in [-0.39, 0.29) is 6.04 Å². The number of aromatic amines is 1. The summed E-state index contributed by atoms with van der Waals surface area (Å²) in [7, 11) is -3.41. The van der Waals surface area contributed by atoms with E-state index in [0.717, 1.165) is 22.0 Å². The van der Waals surface area contributed by atoms with Gasteiger partial charge >= 0.3 is 0 Å². The van der Waals surface area contributed by atoms with E-state index in [1.54, 1.807) is 12.1 Å². The van der Waals surface area contributed by atoms with Gasteiger partial charge < -0.3 is 4.98 Å². The molecule has 0 amide bonds. The van der Waals surface area contributed by atoms with Gasteiger partial charge in [0.15, 0.2) is 0 Å². The zero-order valence-electron chi connectivity index (χ0n) is 10.5. The number of hydrogen-bond acceptors (Lipinski definition) is 2. The van der Waals surface area contributed by atoms with Gasteiger partial charge in [0, 0.05) is 17.1 Å². The SMILES string of the molecule is O=S1(=O)NC(c2c[nH]c3ccccc23)c2ccccc21. The average Bonchev–Trinajstić information content (AvgIpc) is 2.99. The second-order valence-corrected chi connectivity index (χ2v) is 6.56. The molecule has 1 unspecified atom stereocenters. The molecular weight excluding hydrogens is 272 g/mol. The van der Waals surface area contributed by atoms with Crippen LogP contribution < -0.4 is 4.72 Å². The molecule has 2 N–H and O–H groups in total. The second kappa shape index (κ2) is 3.94. The molecule has 0 saturated carbocycles. The molecule has 1 aliphatic rings. The third kappa shape index (κ3) is 1.54. The van der Waals surface area contributed by atoms with Crippen molar-refractivity contribution in [3.8, 4) is 0 Å². The Morgan fingerprint density at radius 1 is 0.900 bits per heavy atom. The predicted octanol–water partition coefficient (Wildman–Crippen LogP) is 2.55. The van der Waals surface area contributed by atoms with Crippen molar-refractivity contribution in [2.24, 2.45) is 0 Å². The van der Waals surface area contributed by atoms with Crippen molar-refractivity contribution >= 4 is 20.9 Å². The first-order chi connectivity index (χ1) is 9.67. The van der Waals surface area contributed by atoms with Crippen LogP contribution in [0.15, 0.2) is 59.6 Å². The van der Waals surface area contributed by atoms with E-state index < -0.39 is 10.0 Å². The summed E-state index contributed by atoms with van der Waals surface area (Å²) in [4.78, 5) is 3.56. The molecule has 100 valence electrons. The summed E-state index contributed by atoms with van der Waals surface area (Å²) in [6.07, 6.45) is 1.87. The molecule has 4 rings (SSSR count). The van der Waals surface area contributed by atoms with Crippen molar-refractivity contribution in [1.82, 2.24) is 9.71 Å². The summed E-state index contributed by atoms with van der Waals surface area (Å²) in [6, 6.07) is 14.7. The van der Waals surface area contributed by atoms with Gasteiger partial charge in [0.25, 0.3) is 0 Å². The van der Waals surface area contributed by atoms with Crippen molar-refractivity contribution < 1.29 is 8.42 Å². The molecule has 1 aliphatic heterocycles. The number of nitrogens with one attached hydrogen (secondary N) is 2. The van der Waals surface area contributed by atoms with E-state index >= 15 is 0 Å². The maximum atomic E-state index is 12.2. The van der Waals surface area contributed by atoms with Crippen LogP contribution in [-0.4, -0.2) is 13.4 Å². The lowest BCUT2D eigenvalue weighted by Gasteiger charge is -2.09. The third-order valence-electron chi connectivity index (χ3n) is 3.72. The summed E-state index contributed by atoms with van der Waals surface area (Å²) < 4.78 is 27.1. The Balaban J connectivity index is 1.97. The first-order valence-electron chi connectivity index (χ1n) is 6.34. The minimum Gasteiger partial charge on any atom is -0.361 e. The number of para-hydroxylation sites is 1. The fourth-order valence-corrected chi connectivity index (χ4v) is 4.25. The first-order valence-corrected chi connectivity index (χ1v) is 7.82. The van der Waals surface area contributed by atoms with Crippen molar-refractivity contribution in [3.05, 3.63) is 65.9 Å². The van der Waals surface area contributed by atoms with Gasteiger partial charge in [-0.05, 0) is 23.3 Å². The van der Waals surface area contributed by atoms with E-state index in [2.05, 4.69) is 9.71 Å². The fourth-order valence-electron chi connectivity index (χ4n) is 2.81. The molecule has 20 heavy (non-hydrogen) atoms. The zero-order chi connectivity index (χ0) is 13.7. The molecule has 0 aliphatic carbocycles. The number of rotatable bonds is 1. The zero-order valence-corrected chi connectivity index (χ0v) is 11.3. The van der Waals surface area contributed by atoms with Gasteiger partial charge in [0.1, 0.15) is 0 Å². The quantitative estimate of drug-likeness (QED) is 0.721. The molecule has 0 saturated heterocycles. The van der Waals surface area contributed by atoms with Crippen LogP contribution in [0.4, 0.5) is 0 Å². The number of benzene rings is 2. The molecule has 2 heterocycles. The van der Waals surface area contributed by atoms with E-state index in [9.17, 15) is 8.42 Å². The largest absolute Gasteiger partial charge is 0.361 e. The normalized spacial score (nSPS) is 20.1. The van der Waals surface area contributed by atoms with Crippen LogP contribution in [0, 0.1) is 0 Å². The Morgan fingerprint density at radius 3 is 2.55 bits per heavy atom. The standard InChI is InChI=1S/C15H12N2O2S/c18-20(19)14-8-4-2-6-11(14)15(17-20)12-9-16-13-7-3-1-5-10(12)13/h1-9,15-17H. The monoisotopic (exact) mass is 284 g/mol. The van der Waals surface area contributed by atoms with Gasteiger partial charge in [-0.1, -0.05) is 36.4 Å².